The molecule has 1 aromatic carbocycles. The maximum absolute atomic E-state index is 6.14. The van der Waals surface area contributed by atoms with Gasteiger partial charge >= 0.3 is 0 Å². The van der Waals surface area contributed by atoms with E-state index in [1.165, 1.54) is 19.3 Å². The second-order valence-corrected chi connectivity index (χ2v) is 6.21. The minimum absolute atomic E-state index is 0.523. The molecule has 3 rings (SSSR count). The minimum atomic E-state index is 0.523. The largest absolute Gasteiger partial charge is 0.396 e. The Labute approximate surface area is 120 Å². The third kappa shape index (κ3) is 2.45. The molecule has 3 nitrogen and oxygen atoms in total. The average Bonchev–Trinajstić information content (AvgIpc) is 2.46. The van der Waals surface area contributed by atoms with Crippen LogP contribution in [0.2, 0.25) is 0 Å². The topological polar surface area (TPSA) is 50.9 Å². The molecule has 2 aromatic rings. The van der Waals surface area contributed by atoms with Crippen molar-refractivity contribution in [2.75, 3.05) is 11.1 Å². The highest BCUT2D eigenvalue weighted by molar-refractivity contribution is 5.96. The number of fused-ring (bicyclic) bond motifs is 1. The highest BCUT2D eigenvalue weighted by Crippen LogP contribution is 2.34. The Morgan fingerprint density at radius 3 is 2.75 bits per heavy atom. The first-order chi connectivity index (χ1) is 9.65. The van der Waals surface area contributed by atoms with Gasteiger partial charge in [-0.3, -0.25) is 4.98 Å². The Morgan fingerprint density at radius 2 is 1.95 bits per heavy atom. The van der Waals surface area contributed by atoms with Gasteiger partial charge < -0.3 is 11.1 Å². The van der Waals surface area contributed by atoms with Crippen LogP contribution in [0, 0.1) is 11.8 Å². The summed E-state index contributed by atoms with van der Waals surface area (Å²) in [5.41, 5.74) is 8.95. The lowest BCUT2D eigenvalue weighted by molar-refractivity contribution is 0.261. The Bertz CT molecular complexity index is 608. The number of nitrogens with one attached hydrogen (secondary N) is 1. The zero-order valence-corrected chi connectivity index (χ0v) is 12.3. The summed E-state index contributed by atoms with van der Waals surface area (Å²) in [6.07, 6.45) is 5.50. The van der Waals surface area contributed by atoms with E-state index in [0.717, 1.165) is 34.1 Å². The van der Waals surface area contributed by atoms with Crippen LogP contribution in [0.4, 0.5) is 11.4 Å². The van der Waals surface area contributed by atoms with Crippen molar-refractivity contribution in [1.82, 2.24) is 4.98 Å². The summed E-state index contributed by atoms with van der Waals surface area (Å²) in [6, 6.07) is 8.70. The zero-order valence-electron chi connectivity index (χ0n) is 12.3. The van der Waals surface area contributed by atoms with E-state index >= 15 is 0 Å². The van der Waals surface area contributed by atoms with E-state index in [4.69, 9.17) is 5.73 Å². The molecule has 0 aliphatic heterocycles. The van der Waals surface area contributed by atoms with Crippen LogP contribution >= 0.6 is 0 Å². The first kappa shape index (κ1) is 13.2. The SMILES string of the molecule is CC1CCC(Nc2c(N)cnc3ccccc23)CC1C. The van der Waals surface area contributed by atoms with E-state index in [1.54, 1.807) is 6.20 Å². The van der Waals surface area contributed by atoms with Gasteiger partial charge in [0.25, 0.3) is 0 Å². The highest BCUT2D eigenvalue weighted by Gasteiger charge is 2.25. The van der Waals surface area contributed by atoms with Crippen LogP contribution in [0.3, 0.4) is 0 Å². The van der Waals surface area contributed by atoms with Gasteiger partial charge in [-0.25, -0.2) is 0 Å². The molecule has 1 fully saturated rings. The van der Waals surface area contributed by atoms with Crippen molar-refractivity contribution in [1.29, 1.82) is 0 Å². The van der Waals surface area contributed by atoms with Crippen LogP contribution < -0.4 is 11.1 Å². The Kier molecular flexibility index (Phi) is 3.51. The third-order valence-electron chi connectivity index (χ3n) is 4.75. The molecule has 3 unspecified atom stereocenters. The molecule has 1 aliphatic carbocycles. The number of hydrogen-bond acceptors (Lipinski definition) is 3. The molecule has 0 amide bonds. The average molecular weight is 269 g/mol. The van der Waals surface area contributed by atoms with Crippen molar-refractivity contribution < 1.29 is 0 Å². The highest BCUT2D eigenvalue weighted by atomic mass is 15.0. The molecule has 0 saturated heterocycles. The van der Waals surface area contributed by atoms with E-state index in [-0.39, 0.29) is 0 Å². The lowest BCUT2D eigenvalue weighted by Gasteiger charge is -2.33. The maximum Gasteiger partial charge on any atom is 0.0743 e. The van der Waals surface area contributed by atoms with Crippen molar-refractivity contribution in [2.45, 2.75) is 39.2 Å². The van der Waals surface area contributed by atoms with E-state index in [2.05, 4.69) is 30.2 Å². The van der Waals surface area contributed by atoms with Crippen LogP contribution in [-0.4, -0.2) is 11.0 Å². The molecule has 106 valence electrons. The van der Waals surface area contributed by atoms with Crippen molar-refractivity contribution in [3.8, 4) is 0 Å². The molecule has 1 aliphatic rings. The first-order valence-corrected chi connectivity index (χ1v) is 7.55. The molecular formula is C17H23N3. The summed E-state index contributed by atoms with van der Waals surface area (Å²) < 4.78 is 0. The van der Waals surface area contributed by atoms with Gasteiger partial charge in [0.1, 0.15) is 0 Å². The van der Waals surface area contributed by atoms with Crippen LogP contribution in [0.5, 0.6) is 0 Å². The molecule has 3 N–H and O–H groups in total. The number of nitrogen functional groups attached to an aromatic ring is 1. The molecule has 20 heavy (non-hydrogen) atoms. The summed E-state index contributed by atoms with van der Waals surface area (Å²) in [5.74, 6) is 1.61. The second kappa shape index (κ2) is 5.31. The van der Waals surface area contributed by atoms with Gasteiger partial charge in [-0.05, 0) is 37.2 Å². The Morgan fingerprint density at radius 1 is 1.15 bits per heavy atom. The fourth-order valence-electron chi connectivity index (χ4n) is 3.20. The molecule has 3 heteroatoms. The van der Waals surface area contributed by atoms with Gasteiger partial charge in [0.05, 0.1) is 23.1 Å². The first-order valence-electron chi connectivity index (χ1n) is 7.55. The van der Waals surface area contributed by atoms with Crippen molar-refractivity contribution in [2.24, 2.45) is 11.8 Å². The van der Waals surface area contributed by atoms with Gasteiger partial charge in [0.15, 0.2) is 0 Å². The fourth-order valence-corrected chi connectivity index (χ4v) is 3.20. The quantitative estimate of drug-likeness (QED) is 0.864. The van der Waals surface area contributed by atoms with Crippen LogP contribution in [0.15, 0.2) is 30.5 Å². The zero-order chi connectivity index (χ0) is 14.1. The standard InChI is InChI=1S/C17H23N3/c1-11-7-8-13(9-12(11)2)20-17-14-5-3-4-6-16(14)19-10-15(17)18/h3-6,10-13H,7-9,18H2,1-2H3,(H,19,20). The summed E-state index contributed by atoms with van der Waals surface area (Å²) >= 11 is 0. The normalized spacial score (nSPS) is 26.6. The van der Waals surface area contributed by atoms with Gasteiger partial charge in [-0.15, -0.1) is 0 Å². The molecule has 0 spiro atoms. The van der Waals surface area contributed by atoms with Crippen molar-refractivity contribution in [3.63, 3.8) is 0 Å². The number of nitrogens with two attached hydrogens (primary N) is 1. The maximum atomic E-state index is 6.14. The molecular weight excluding hydrogens is 246 g/mol. The van der Waals surface area contributed by atoms with Gasteiger partial charge in [0, 0.05) is 11.4 Å². The summed E-state index contributed by atoms with van der Waals surface area (Å²) in [6.45, 7) is 4.71. The number of rotatable bonds is 2. The second-order valence-electron chi connectivity index (χ2n) is 6.21. The number of pyridine rings is 1. The molecule has 1 aromatic heterocycles. The predicted octanol–water partition coefficient (Wildman–Crippen LogP) is 4.05. The van der Waals surface area contributed by atoms with E-state index < -0.39 is 0 Å². The fraction of sp³-hybridized carbons (Fsp3) is 0.471. The molecule has 1 saturated carbocycles. The van der Waals surface area contributed by atoms with Crippen molar-refractivity contribution >= 4 is 22.3 Å². The van der Waals surface area contributed by atoms with Gasteiger partial charge in [-0.2, -0.15) is 0 Å². The molecule has 3 atom stereocenters. The third-order valence-corrected chi connectivity index (χ3v) is 4.75. The Hall–Kier alpha value is -1.77. The minimum Gasteiger partial charge on any atom is -0.396 e. The summed E-state index contributed by atoms with van der Waals surface area (Å²) in [5, 5.41) is 4.80. The number of hydrogen-bond donors (Lipinski definition) is 2. The van der Waals surface area contributed by atoms with Gasteiger partial charge in [-0.1, -0.05) is 32.0 Å². The Balaban J connectivity index is 1.89. The van der Waals surface area contributed by atoms with E-state index in [0.29, 0.717) is 6.04 Å². The van der Waals surface area contributed by atoms with Crippen molar-refractivity contribution in [3.05, 3.63) is 30.5 Å². The lowest BCUT2D eigenvalue weighted by atomic mass is 9.79. The van der Waals surface area contributed by atoms with E-state index in [9.17, 15) is 0 Å². The summed E-state index contributed by atoms with van der Waals surface area (Å²) in [7, 11) is 0. The van der Waals surface area contributed by atoms with Crippen LogP contribution in [0.1, 0.15) is 33.1 Å². The number of benzene rings is 1. The van der Waals surface area contributed by atoms with E-state index in [1.807, 2.05) is 18.2 Å². The number of para-hydroxylation sites is 1. The predicted molar refractivity (Wildman–Crippen MR) is 85.7 cm³/mol. The van der Waals surface area contributed by atoms with Crippen LogP contribution in [0.25, 0.3) is 10.9 Å². The number of aromatic nitrogens is 1. The number of anilines is 2. The summed E-state index contributed by atoms with van der Waals surface area (Å²) in [4.78, 5) is 4.40. The molecule has 0 radical (unpaired) electrons. The monoisotopic (exact) mass is 269 g/mol. The molecule has 0 bridgehead atoms. The number of nitrogens with zero attached hydrogens (tertiary/aromatic N) is 1. The van der Waals surface area contributed by atoms with Crippen LogP contribution in [-0.2, 0) is 0 Å². The molecule has 1 heterocycles. The van der Waals surface area contributed by atoms with Gasteiger partial charge in [0.2, 0.25) is 0 Å². The lowest BCUT2D eigenvalue weighted by Crippen LogP contribution is -2.30. The smallest absolute Gasteiger partial charge is 0.0743 e.